The maximum Gasteiger partial charge on any atom is 0.141 e. The van der Waals surface area contributed by atoms with Crippen LogP contribution in [0.25, 0.3) is 16.6 Å². The number of benzene rings is 2. The number of nitrogens with zero attached hydrogens (tertiary/aromatic N) is 2. The zero-order valence-corrected chi connectivity index (χ0v) is 8.91. The first-order valence-electron chi connectivity index (χ1n) is 5.21. The molecule has 0 radical (unpaired) electrons. The highest BCUT2D eigenvalue weighted by Gasteiger charge is 2.08. The highest BCUT2D eigenvalue weighted by molar-refractivity contribution is 5.82. The highest BCUT2D eigenvalue weighted by atomic mass is 16.3. The molecule has 0 aliphatic rings. The summed E-state index contributed by atoms with van der Waals surface area (Å²) in [6.45, 7) is 0. The molecule has 3 aromatic rings. The molecular weight excluding hydrogens is 216 g/mol. The number of fused-ring (bicyclic) bond motifs is 1. The van der Waals surface area contributed by atoms with E-state index in [9.17, 15) is 10.2 Å². The first-order valence-corrected chi connectivity index (χ1v) is 5.21. The maximum atomic E-state index is 9.79. The second-order valence-electron chi connectivity index (χ2n) is 3.79. The number of aromatic hydroxyl groups is 2. The molecule has 4 nitrogen and oxygen atoms in total. The van der Waals surface area contributed by atoms with Gasteiger partial charge in [0.1, 0.15) is 17.2 Å². The Bertz CT molecular complexity index is 689. The molecule has 0 amide bonds. The lowest BCUT2D eigenvalue weighted by Crippen LogP contribution is -1.95. The van der Waals surface area contributed by atoms with Gasteiger partial charge in [0.05, 0.1) is 11.7 Å². The summed E-state index contributed by atoms with van der Waals surface area (Å²) in [5.74, 6) is 0.375. The normalized spacial score (nSPS) is 10.8. The van der Waals surface area contributed by atoms with Gasteiger partial charge in [0, 0.05) is 5.39 Å². The Balaban J connectivity index is 2.29. The smallest absolute Gasteiger partial charge is 0.141 e. The van der Waals surface area contributed by atoms with Crippen molar-refractivity contribution < 1.29 is 10.2 Å². The van der Waals surface area contributed by atoms with E-state index in [-0.39, 0.29) is 11.5 Å². The molecule has 1 aromatic heterocycles. The standard InChI is InChI=1S/C13H10N2O2/c16-10-5-6-11-9(7-10)8-14-15(11)12-3-1-2-4-13(12)17/h1-8,16-17H. The average molecular weight is 226 g/mol. The summed E-state index contributed by atoms with van der Waals surface area (Å²) in [6.07, 6.45) is 1.65. The van der Waals surface area contributed by atoms with Crippen LogP contribution in [0.3, 0.4) is 0 Å². The molecule has 4 heteroatoms. The molecule has 0 spiro atoms. The van der Waals surface area contributed by atoms with Gasteiger partial charge in [-0.25, -0.2) is 4.68 Å². The van der Waals surface area contributed by atoms with Crippen molar-refractivity contribution >= 4 is 10.9 Å². The van der Waals surface area contributed by atoms with Crippen molar-refractivity contribution in [3.8, 4) is 17.2 Å². The monoisotopic (exact) mass is 226 g/mol. The predicted octanol–water partition coefficient (Wildman–Crippen LogP) is 2.44. The topological polar surface area (TPSA) is 58.3 Å². The minimum absolute atomic E-state index is 0.172. The van der Waals surface area contributed by atoms with E-state index in [4.69, 9.17) is 0 Å². The lowest BCUT2D eigenvalue weighted by Gasteiger charge is -2.05. The number of para-hydroxylation sites is 2. The van der Waals surface area contributed by atoms with Gasteiger partial charge in [-0.2, -0.15) is 5.10 Å². The van der Waals surface area contributed by atoms with Gasteiger partial charge in [0.2, 0.25) is 0 Å². The van der Waals surface area contributed by atoms with Gasteiger partial charge in [-0.1, -0.05) is 12.1 Å². The molecule has 1 heterocycles. The molecule has 3 rings (SSSR count). The second kappa shape index (κ2) is 3.52. The van der Waals surface area contributed by atoms with E-state index in [1.54, 1.807) is 47.3 Å². The fourth-order valence-electron chi connectivity index (χ4n) is 1.86. The Morgan fingerprint density at radius 2 is 1.82 bits per heavy atom. The van der Waals surface area contributed by atoms with Crippen molar-refractivity contribution in [1.29, 1.82) is 0 Å². The number of phenolic OH excluding ortho intramolecular Hbond substituents is 2. The number of aromatic nitrogens is 2. The summed E-state index contributed by atoms with van der Waals surface area (Å²) in [7, 11) is 0. The van der Waals surface area contributed by atoms with Crippen LogP contribution in [0.15, 0.2) is 48.7 Å². The molecule has 0 fully saturated rings. The van der Waals surface area contributed by atoms with Crippen LogP contribution < -0.4 is 0 Å². The lowest BCUT2D eigenvalue weighted by molar-refractivity contribution is 0.471. The van der Waals surface area contributed by atoms with Crippen LogP contribution in [0, 0.1) is 0 Å². The van der Waals surface area contributed by atoms with Crippen LogP contribution in [-0.2, 0) is 0 Å². The van der Waals surface area contributed by atoms with Crippen LogP contribution >= 0.6 is 0 Å². The number of rotatable bonds is 1. The summed E-state index contributed by atoms with van der Waals surface area (Å²) in [5, 5.41) is 24.2. The summed E-state index contributed by atoms with van der Waals surface area (Å²) in [4.78, 5) is 0. The van der Waals surface area contributed by atoms with E-state index < -0.39 is 0 Å². The van der Waals surface area contributed by atoms with Crippen LogP contribution in [0.5, 0.6) is 11.5 Å². The maximum absolute atomic E-state index is 9.79. The van der Waals surface area contributed by atoms with Gasteiger partial charge in [0.15, 0.2) is 0 Å². The van der Waals surface area contributed by atoms with Crippen molar-refractivity contribution in [1.82, 2.24) is 9.78 Å². The first kappa shape index (κ1) is 9.72. The van der Waals surface area contributed by atoms with Crippen LogP contribution in [0.1, 0.15) is 0 Å². The quantitative estimate of drug-likeness (QED) is 0.670. The first-order chi connectivity index (χ1) is 8.25. The predicted molar refractivity (Wildman–Crippen MR) is 64.4 cm³/mol. The van der Waals surface area contributed by atoms with Gasteiger partial charge in [-0.3, -0.25) is 0 Å². The summed E-state index contributed by atoms with van der Waals surface area (Å²) < 4.78 is 1.64. The Labute approximate surface area is 97.4 Å². The molecule has 2 aromatic carbocycles. The van der Waals surface area contributed by atoms with E-state index in [1.165, 1.54) is 0 Å². The lowest BCUT2D eigenvalue weighted by atomic mass is 10.2. The molecule has 84 valence electrons. The van der Waals surface area contributed by atoms with Gasteiger partial charge in [-0.15, -0.1) is 0 Å². The number of hydrogen-bond acceptors (Lipinski definition) is 3. The van der Waals surface area contributed by atoms with E-state index in [1.807, 2.05) is 6.07 Å². The average Bonchev–Trinajstić information content (AvgIpc) is 2.72. The van der Waals surface area contributed by atoms with Crippen molar-refractivity contribution in [2.75, 3.05) is 0 Å². The Morgan fingerprint density at radius 3 is 2.65 bits per heavy atom. The Hall–Kier alpha value is -2.49. The molecule has 0 saturated carbocycles. The third kappa shape index (κ3) is 1.50. The van der Waals surface area contributed by atoms with E-state index in [0.29, 0.717) is 5.69 Å². The molecular formula is C13H10N2O2. The van der Waals surface area contributed by atoms with Gasteiger partial charge < -0.3 is 10.2 Å². The summed E-state index contributed by atoms with van der Waals surface area (Å²) >= 11 is 0. The summed E-state index contributed by atoms with van der Waals surface area (Å²) in [5.41, 5.74) is 1.46. The summed E-state index contributed by atoms with van der Waals surface area (Å²) in [6, 6.07) is 12.0. The van der Waals surface area contributed by atoms with E-state index in [2.05, 4.69) is 5.10 Å². The molecule has 0 saturated heterocycles. The van der Waals surface area contributed by atoms with Gasteiger partial charge >= 0.3 is 0 Å². The molecule has 0 aliphatic heterocycles. The third-order valence-electron chi connectivity index (χ3n) is 2.66. The zero-order valence-electron chi connectivity index (χ0n) is 8.91. The fourth-order valence-corrected chi connectivity index (χ4v) is 1.86. The van der Waals surface area contributed by atoms with Crippen molar-refractivity contribution in [3.05, 3.63) is 48.7 Å². The van der Waals surface area contributed by atoms with Crippen LogP contribution in [-0.4, -0.2) is 20.0 Å². The van der Waals surface area contributed by atoms with Crippen LogP contribution in [0.2, 0.25) is 0 Å². The van der Waals surface area contributed by atoms with Crippen molar-refractivity contribution in [2.45, 2.75) is 0 Å². The Kier molecular flexibility index (Phi) is 2.01. The number of phenols is 2. The second-order valence-corrected chi connectivity index (χ2v) is 3.79. The highest BCUT2D eigenvalue weighted by Crippen LogP contribution is 2.26. The minimum atomic E-state index is 0.172. The molecule has 17 heavy (non-hydrogen) atoms. The van der Waals surface area contributed by atoms with E-state index in [0.717, 1.165) is 10.9 Å². The third-order valence-corrected chi connectivity index (χ3v) is 2.66. The Morgan fingerprint density at radius 1 is 1.00 bits per heavy atom. The van der Waals surface area contributed by atoms with Gasteiger partial charge in [0.25, 0.3) is 0 Å². The van der Waals surface area contributed by atoms with E-state index >= 15 is 0 Å². The van der Waals surface area contributed by atoms with Crippen LogP contribution in [0.4, 0.5) is 0 Å². The van der Waals surface area contributed by atoms with Crippen molar-refractivity contribution in [3.63, 3.8) is 0 Å². The molecule has 0 aliphatic carbocycles. The SMILES string of the molecule is Oc1ccc2c(cnn2-c2ccccc2O)c1. The molecule has 0 bridgehead atoms. The van der Waals surface area contributed by atoms with Crippen molar-refractivity contribution in [2.24, 2.45) is 0 Å². The minimum Gasteiger partial charge on any atom is -0.508 e. The molecule has 2 N–H and O–H groups in total. The van der Waals surface area contributed by atoms with Gasteiger partial charge in [-0.05, 0) is 30.3 Å². The zero-order chi connectivity index (χ0) is 11.8. The molecule has 0 unspecified atom stereocenters. The largest absolute Gasteiger partial charge is 0.508 e. The molecule has 0 atom stereocenters. The fraction of sp³-hybridized carbons (Fsp3) is 0. The number of hydrogen-bond donors (Lipinski definition) is 2.